The first-order chi connectivity index (χ1) is 9.10. The van der Waals surface area contributed by atoms with Gasteiger partial charge in [-0.15, -0.1) is 0 Å². The normalized spacial score (nSPS) is 11.5. The van der Waals surface area contributed by atoms with Gasteiger partial charge in [0.15, 0.2) is 0 Å². The quantitative estimate of drug-likeness (QED) is 0.673. The summed E-state index contributed by atoms with van der Waals surface area (Å²) in [4.78, 5) is 0.255. The highest BCUT2D eigenvalue weighted by Crippen LogP contribution is 2.15. The van der Waals surface area contributed by atoms with E-state index < -0.39 is 10.0 Å². The fourth-order valence-corrected chi connectivity index (χ4v) is 2.57. The van der Waals surface area contributed by atoms with Crippen LogP contribution in [0.3, 0.4) is 0 Å². The molecule has 0 spiro atoms. The summed E-state index contributed by atoms with van der Waals surface area (Å²) in [6.07, 6.45) is 1.09. The molecule has 108 valence electrons. The molecule has 0 bridgehead atoms. The monoisotopic (exact) mass is 286 g/mol. The molecule has 0 aliphatic carbocycles. The van der Waals surface area contributed by atoms with Gasteiger partial charge in [0, 0.05) is 13.1 Å². The first-order valence-electron chi connectivity index (χ1n) is 6.53. The molecule has 0 aliphatic rings. The van der Waals surface area contributed by atoms with Crippen molar-refractivity contribution in [3.8, 4) is 5.75 Å². The number of nitrogens with one attached hydrogen (secondary N) is 2. The van der Waals surface area contributed by atoms with Crippen LogP contribution < -0.4 is 14.8 Å². The molecular formula is C13H22N2O3S. The lowest BCUT2D eigenvalue weighted by Gasteiger charge is -2.08. The summed E-state index contributed by atoms with van der Waals surface area (Å²) in [6.45, 7) is 6.56. The maximum absolute atomic E-state index is 11.7. The van der Waals surface area contributed by atoms with Crippen LogP contribution in [0.5, 0.6) is 5.75 Å². The predicted molar refractivity (Wildman–Crippen MR) is 76.0 cm³/mol. The Labute approximate surface area is 115 Å². The minimum Gasteiger partial charge on any atom is -0.492 e. The second-order valence-electron chi connectivity index (χ2n) is 4.07. The van der Waals surface area contributed by atoms with E-state index in [0.717, 1.165) is 19.5 Å². The Kier molecular flexibility index (Phi) is 6.83. The molecule has 6 heteroatoms. The van der Waals surface area contributed by atoms with Crippen LogP contribution in [-0.2, 0) is 10.0 Å². The van der Waals surface area contributed by atoms with Crippen molar-refractivity contribution in [1.29, 1.82) is 0 Å². The van der Waals surface area contributed by atoms with Gasteiger partial charge in [-0.1, -0.05) is 13.8 Å². The fraction of sp³-hybridized carbons (Fsp3) is 0.538. The van der Waals surface area contributed by atoms with E-state index in [1.54, 1.807) is 31.2 Å². The van der Waals surface area contributed by atoms with Gasteiger partial charge in [0.2, 0.25) is 10.0 Å². The van der Waals surface area contributed by atoms with E-state index in [0.29, 0.717) is 18.9 Å². The molecule has 1 aromatic carbocycles. The molecule has 2 N–H and O–H groups in total. The van der Waals surface area contributed by atoms with Gasteiger partial charge in [-0.2, -0.15) is 0 Å². The second kappa shape index (κ2) is 8.14. The maximum atomic E-state index is 11.7. The average molecular weight is 286 g/mol. The SMILES string of the molecule is CCCNCCOc1ccc(S(=O)(=O)NCC)cc1. The van der Waals surface area contributed by atoms with Gasteiger partial charge < -0.3 is 10.1 Å². The molecule has 0 saturated carbocycles. The summed E-state index contributed by atoms with van der Waals surface area (Å²) in [7, 11) is -3.38. The number of benzene rings is 1. The lowest BCUT2D eigenvalue weighted by molar-refractivity contribution is 0.314. The summed E-state index contributed by atoms with van der Waals surface area (Å²) in [6, 6.07) is 6.44. The number of hydrogen-bond acceptors (Lipinski definition) is 4. The number of hydrogen-bond donors (Lipinski definition) is 2. The Bertz CT molecular complexity index is 457. The molecule has 0 saturated heterocycles. The fourth-order valence-electron chi connectivity index (χ4n) is 1.53. The highest BCUT2D eigenvalue weighted by molar-refractivity contribution is 7.89. The summed E-state index contributed by atoms with van der Waals surface area (Å²) < 4.78 is 31.4. The van der Waals surface area contributed by atoms with Crippen LogP contribution in [0.1, 0.15) is 20.3 Å². The summed E-state index contributed by atoms with van der Waals surface area (Å²) in [5.74, 6) is 0.675. The van der Waals surface area contributed by atoms with E-state index >= 15 is 0 Å². The maximum Gasteiger partial charge on any atom is 0.240 e. The third-order valence-corrected chi connectivity index (χ3v) is 4.00. The zero-order valence-electron chi connectivity index (χ0n) is 11.5. The highest BCUT2D eigenvalue weighted by Gasteiger charge is 2.11. The first kappa shape index (κ1) is 15.9. The highest BCUT2D eigenvalue weighted by atomic mass is 32.2. The number of sulfonamides is 1. The van der Waals surface area contributed by atoms with Crippen LogP contribution in [0.25, 0.3) is 0 Å². The van der Waals surface area contributed by atoms with Crippen molar-refractivity contribution in [2.24, 2.45) is 0 Å². The molecular weight excluding hydrogens is 264 g/mol. The van der Waals surface area contributed by atoms with E-state index in [1.807, 2.05) is 0 Å². The van der Waals surface area contributed by atoms with Gasteiger partial charge in [0.25, 0.3) is 0 Å². The molecule has 0 atom stereocenters. The smallest absolute Gasteiger partial charge is 0.240 e. The molecule has 0 aromatic heterocycles. The van der Waals surface area contributed by atoms with E-state index in [9.17, 15) is 8.42 Å². The lowest BCUT2D eigenvalue weighted by atomic mass is 10.3. The molecule has 19 heavy (non-hydrogen) atoms. The van der Waals surface area contributed by atoms with Crippen molar-refractivity contribution in [3.63, 3.8) is 0 Å². The van der Waals surface area contributed by atoms with Crippen molar-refractivity contribution in [2.75, 3.05) is 26.2 Å². The van der Waals surface area contributed by atoms with Crippen LogP contribution >= 0.6 is 0 Å². The van der Waals surface area contributed by atoms with Gasteiger partial charge in [0.1, 0.15) is 12.4 Å². The Hall–Kier alpha value is -1.11. The van der Waals surface area contributed by atoms with E-state index in [2.05, 4.69) is 17.0 Å². The average Bonchev–Trinajstić information content (AvgIpc) is 2.39. The molecule has 1 aromatic rings. The lowest BCUT2D eigenvalue weighted by Crippen LogP contribution is -2.23. The molecule has 0 heterocycles. The number of rotatable bonds is 9. The summed E-state index contributed by atoms with van der Waals surface area (Å²) in [5, 5.41) is 3.23. The van der Waals surface area contributed by atoms with Crippen molar-refractivity contribution in [1.82, 2.24) is 10.0 Å². The zero-order valence-corrected chi connectivity index (χ0v) is 12.3. The minimum atomic E-state index is -3.38. The molecule has 0 aliphatic heterocycles. The molecule has 5 nitrogen and oxygen atoms in total. The molecule has 0 fully saturated rings. The van der Waals surface area contributed by atoms with E-state index in [1.165, 1.54) is 0 Å². The van der Waals surface area contributed by atoms with E-state index in [4.69, 9.17) is 4.74 Å². The summed E-state index contributed by atoms with van der Waals surface area (Å²) >= 11 is 0. The molecule has 1 rings (SSSR count). The molecule has 0 unspecified atom stereocenters. The van der Waals surface area contributed by atoms with Crippen molar-refractivity contribution >= 4 is 10.0 Å². The van der Waals surface area contributed by atoms with Gasteiger partial charge in [-0.3, -0.25) is 0 Å². The van der Waals surface area contributed by atoms with Gasteiger partial charge >= 0.3 is 0 Å². The van der Waals surface area contributed by atoms with Crippen LogP contribution in [0.4, 0.5) is 0 Å². The third kappa shape index (κ3) is 5.59. The van der Waals surface area contributed by atoms with Crippen LogP contribution in [0.2, 0.25) is 0 Å². The topological polar surface area (TPSA) is 67.4 Å². The molecule has 0 radical (unpaired) electrons. The van der Waals surface area contributed by atoms with Gasteiger partial charge in [0.05, 0.1) is 4.90 Å². The van der Waals surface area contributed by atoms with Crippen LogP contribution in [0, 0.1) is 0 Å². The van der Waals surface area contributed by atoms with Crippen LogP contribution in [0.15, 0.2) is 29.2 Å². The third-order valence-electron chi connectivity index (χ3n) is 2.44. The molecule has 0 amide bonds. The van der Waals surface area contributed by atoms with Crippen molar-refractivity contribution in [3.05, 3.63) is 24.3 Å². The van der Waals surface area contributed by atoms with Gasteiger partial charge in [-0.25, -0.2) is 13.1 Å². The Balaban J connectivity index is 2.48. The standard InChI is InChI=1S/C13H22N2O3S/c1-3-9-14-10-11-18-12-5-7-13(8-6-12)19(16,17)15-4-2/h5-8,14-15H,3-4,9-11H2,1-2H3. The van der Waals surface area contributed by atoms with E-state index in [-0.39, 0.29) is 4.90 Å². The first-order valence-corrected chi connectivity index (χ1v) is 8.01. The van der Waals surface area contributed by atoms with Crippen molar-refractivity contribution < 1.29 is 13.2 Å². The van der Waals surface area contributed by atoms with Crippen LogP contribution in [-0.4, -0.2) is 34.7 Å². The minimum absolute atomic E-state index is 0.255. The van der Waals surface area contributed by atoms with Crippen molar-refractivity contribution in [2.45, 2.75) is 25.2 Å². The number of ether oxygens (including phenoxy) is 1. The van der Waals surface area contributed by atoms with Gasteiger partial charge in [-0.05, 0) is 37.2 Å². The Morgan fingerprint density at radius 1 is 1.11 bits per heavy atom. The Morgan fingerprint density at radius 3 is 2.37 bits per heavy atom. The zero-order chi connectivity index (χ0) is 14.1. The Morgan fingerprint density at radius 2 is 1.79 bits per heavy atom. The summed E-state index contributed by atoms with van der Waals surface area (Å²) in [5.41, 5.74) is 0. The predicted octanol–water partition coefficient (Wildman–Crippen LogP) is 1.36. The largest absolute Gasteiger partial charge is 0.492 e. The second-order valence-corrected chi connectivity index (χ2v) is 5.84.